The standard InChI is InChI=1S/C30H27ClN6O4S2/c1-34-28(40)26-25(33)24-23(16-5-9-21(10-6-16)41-13-20(39)12-38)22(11-32)30(36-27(24)37(26)2)43-15-19-14-42-29(35-19)17-3-7-18(31)8-4-17/h3-10,14,20,38-39H,12-13,15,33H2,1-2H3,(H,34,40). The summed E-state index contributed by atoms with van der Waals surface area (Å²) in [5.74, 6) is 0.556. The number of aliphatic hydroxyl groups excluding tert-OH is 2. The van der Waals surface area contributed by atoms with Gasteiger partial charge in [0.2, 0.25) is 0 Å². The predicted molar refractivity (Wildman–Crippen MR) is 169 cm³/mol. The van der Waals surface area contributed by atoms with Gasteiger partial charge in [-0.25, -0.2) is 9.97 Å². The van der Waals surface area contributed by atoms with Crippen LogP contribution in [-0.2, 0) is 12.8 Å². The molecule has 0 fully saturated rings. The molecule has 0 saturated heterocycles. The van der Waals surface area contributed by atoms with Gasteiger partial charge in [0.05, 0.1) is 28.9 Å². The van der Waals surface area contributed by atoms with Gasteiger partial charge in [0.25, 0.3) is 5.91 Å². The van der Waals surface area contributed by atoms with E-state index in [0.717, 1.165) is 16.3 Å². The molecule has 1 amide bonds. The van der Waals surface area contributed by atoms with E-state index in [0.29, 0.717) is 49.3 Å². The number of ether oxygens (including phenoxy) is 1. The zero-order valence-electron chi connectivity index (χ0n) is 23.2. The van der Waals surface area contributed by atoms with Gasteiger partial charge in [-0.15, -0.1) is 11.3 Å². The fourth-order valence-electron chi connectivity index (χ4n) is 4.55. The third kappa shape index (κ3) is 6.17. The van der Waals surface area contributed by atoms with Crippen LogP contribution in [0.15, 0.2) is 58.9 Å². The molecule has 2 aromatic carbocycles. The molecule has 1 atom stereocenters. The number of aromatic nitrogens is 3. The summed E-state index contributed by atoms with van der Waals surface area (Å²) in [4.78, 5) is 22.4. The van der Waals surface area contributed by atoms with Gasteiger partial charge >= 0.3 is 0 Å². The van der Waals surface area contributed by atoms with Gasteiger partial charge in [-0.05, 0) is 29.8 Å². The Labute approximate surface area is 260 Å². The smallest absolute Gasteiger partial charge is 0.269 e. The third-order valence-corrected chi connectivity index (χ3v) is 8.87. The number of hydrogen-bond donors (Lipinski definition) is 4. The van der Waals surface area contributed by atoms with E-state index in [1.807, 2.05) is 29.6 Å². The van der Waals surface area contributed by atoms with Crippen molar-refractivity contribution in [3.63, 3.8) is 0 Å². The number of carbonyl (C=O) groups excluding carboxylic acids is 1. The maximum absolute atomic E-state index is 12.8. The number of nitrogen functional groups attached to an aromatic ring is 1. The van der Waals surface area contributed by atoms with Crippen LogP contribution in [0.25, 0.3) is 32.7 Å². The van der Waals surface area contributed by atoms with E-state index in [1.165, 1.54) is 30.1 Å². The molecular weight excluding hydrogens is 608 g/mol. The molecule has 3 heterocycles. The molecule has 10 nitrogen and oxygen atoms in total. The zero-order chi connectivity index (χ0) is 30.7. The van der Waals surface area contributed by atoms with Crippen LogP contribution in [0.2, 0.25) is 5.02 Å². The summed E-state index contributed by atoms with van der Waals surface area (Å²) in [5.41, 5.74) is 10.8. The molecule has 13 heteroatoms. The number of aliphatic hydroxyl groups is 2. The number of rotatable bonds is 10. The topological polar surface area (TPSA) is 159 Å². The van der Waals surface area contributed by atoms with E-state index < -0.39 is 12.7 Å². The van der Waals surface area contributed by atoms with Crippen LogP contribution < -0.4 is 15.8 Å². The van der Waals surface area contributed by atoms with Crippen molar-refractivity contribution in [3.8, 4) is 33.5 Å². The second-order valence-electron chi connectivity index (χ2n) is 9.49. The monoisotopic (exact) mass is 634 g/mol. The van der Waals surface area contributed by atoms with Crippen molar-refractivity contribution >= 4 is 57.3 Å². The largest absolute Gasteiger partial charge is 0.491 e. The number of pyridine rings is 1. The first-order chi connectivity index (χ1) is 20.7. The van der Waals surface area contributed by atoms with Crippen molar-refractivity contribution < 1.29 is 19.7 Å². The van der Waals surface area contributed by atoms with Gasteiger partial charge in [0.15, 0.2) is 0 Å². The van der Waals surface area contributed by atoms with Crippen molar-refractivity contribution in [2.45, 2.75) is 16.9 Å². The number of nitrogens with one attached hydrogen (secondary N) is 1. The zero-order valence-corrected chi connectivity index (χ0v) is 25.6. The molecule has 0 radical (unpaired) electrons. The second-order valence-corrected chi connectivity index (χ2v) is 11.7. The minimum absolute atomic E-state index is 0.0724. The Bertz CT molecular complexity index is 1830. The number of hydrogen-bond acceptors (Lipinski definition) is 10. The molecule has 0 bridgehead atoms. The Hall–Kier alpha value is -4.12. The number of nitrogens with two attached hydrogens (primary N) is 1. The van der Waals surface area contributed by atoms with Gasteiger partial charge in [-0.3, -0.25) is 4.79 Å². The molecule has 43 heavy (non-hydrogen) atoms. The number of carbonyl (C=O) groups is 1. The number of anilines is 1. The molecular formula is C30H27ClN6O4S2. The van der Waals surface area contributed by atoms with Crippen molar-refractivity contribution in [1.82, 2.24) is 19.9 Å². The van der Waals surface area contributed by atoms with E-state index in [-0.39, 0.29) is 23.9 Å². The van der Waals surface area contributed by atoms with Crippen LogP contribution in [0.4, 0.5) is 5.69 Å². The summed E-state index contributed by atoms with van der Waals surface area (Å²) >= 11 is 8.92. The Morgan fingerprint density at radius 3 is 2.56 bits per heavy atom. The summed E-state index contributed by atoms with van der Waals surface area (Å²) in [7, 11) is 3.23. The maximum Gasteiger partial charge on any atom is 0.269 e. The van der Waals surface area contributed by atoms with Crippen LogP contribution in [0.1, 0.15) is 21.7 Å². The van der Waals surface area contributed by atoms with Crippen molar-refractivity contribution in [2.24, 2.45) is 7.05 Å². The number of fused-ring (bicyclic) bond motifs is 1. The summed E-state index contributed by atoms with van der Waals surface area (Å²) in [6.45, 7) is -0.486. The SMILES string of the molecule is CNC(=O)c1c(N)c2c(-c3ccc(OCC(O)CO)cc3)c(C#N)c(SCc3csc(-c4ccc(Cl)cc4)n3)nc2n1C. The first-order valence-electron chi connectivity index (χ1n) is 13.0. The van der Waals surface area contributed by atoms with E-state index in [9.17, 15) is 15.2 Å². The molecule has 0 aliphatic heterocycles. The number of nitriles is 1. The van der Waals surface area contributed by atoms with Gasteiger partial charge in [-0.2, -0.15) is 5.26 Å². The number of thiazole rings is 1. The summed E-state index contributed by atoms with van der Waals surface area (Å²) in [6.07, 6.45) is -1.00. The van der Waals surface area contributed by atoms with Crippen LogP contribution in [0.3, 0.4) is 0 Å². The quantitative estimate of drug-likeness (QED) is 0.157. The average Bonchev–Trinajstić information content (AvgIpc) is 3.60. The minimum Gasteiger partial charge on any atom is -0.491 e. The van der Waals surface area contributed by atoms with Gasteiger partial charge < -0.3 is 30.6 Å². The summed E-state index contributed by atoms with van der Waals surface area (Å²) in [6, 6.07) is 16.7. The highest BCUT2D eigenvalue weighted by atomic mass is 35.5. The first-order valence-corrected chi connectivity index (χ1v) is 15.3. The molecule has 220 valence electrons. The highest BCUT2D eigenvalue weighted by Gasteiger charge is 2.27. The molecule has 5 aromatic rings. The van der Waals surface area contributed by atoms with E-state index in [4.69, 9.17) is 37.1 Å². The second kappa shape index (κ2) is 13.0. The Balaban J connectivity index is 1.57. The highest BCUT2D eigenvalue weighted by molar-refractivity contribution is 7.98. The lowest BCUT2D eigenvalue weighted by atomic mass is 9.98. The molecule has 5 N–H and O–H groups in total. The van der Waals surface area contributed by atoms with Crippen LogP contribution in [-0.4, -0.2) is 57.0 Å². The first kappa shape index (κ1) is 30.3. The number of benzene rings is 2. The van der Waals surface area contributed by atoms with E-state index >= 15 is 0 Å². The molecule has 1 unspecified atom stereocenters. The molecule has 0 aliphatic rings. The molecule has 0 spiro atoms. The van der Waals surface area contributed by atoms with Crippen LogP contribution in [0.5, 0.6) is 5.75 Å². The van der Waals surface area contributed by atoms with Gasteiger partial charge in [0, 0.05) is 41.4 Å². The number of nitrogens with zero attached hydrogens (tertiary/aromatic N) is 4. The van der Waals surface area contributed by atoms with Gasteiger partial charge in [0.1, 0.15) is 45.9 Å². The summed E-state index contributed by atoms with van der Waals surface area (Å²) < 4.78 is 7.18. The van der Waals surface area contributed by atoms with Crippen molar-refractivity contribution in [2.75, 3.05) is 26.0 Å². The molecule has 5 rings (SSSR count). The Kier molecular flexibility index (Phi) is 9.19. The Morgan fingerprint density at radius 2 is 1.91 bits per heavy atom. The van der Waals surface area contributed by atoms with E-state index in [1.54, 1.807) is 35.9 Å². The lowest BCUT2D eigenvalue weighted by Gasteiger charge is -2.13. The normalized spacial score (nSPS) is 11.8. The average molecular weight is 635 g/mol. The predicted octanol–water partition coefficient (Wildman–Crippen LogP) is 4.85. The number of halogens is 1. The molecule has 0 aliphatic carbocycles. The molecule has 3 aromatic heterocycles. The number of amides is 1. The fraction of sp³-hybridized carbons (Fsp3) is 0.200. The molecule has 0 saturated carbocycles. The lowest BCUT2D eigenvalue weighted by Crippen LogP contribution is -2.21. The van der Waals surface area contributed by atoms with Crippen LogP contribution in [0, 0.1) is 11.3 Å². The number of thioether (sulfide) groups is 1. The van der Waals surface area contributed by atoms with E-state index in [2.05, 4.69) is 11.4 Å². The lowest BCUT2D eigenvalue weighted by molar-refractivity contribution is 0.0536. The number of aryl methyl sites for hydroxylation is 1. The fourth-order valence-corrected chi connectivity index (χ4v) is 6.48. The Morgan fingerprint density at radius 1 is 1.21 bits per heavy atom. The highest BCUT2D eigenvalue weighted by Crippen LogP contribution is 2.42. The van der Waals surface area contributed by atoms with Crippen molar-refractivity contribution in [3.05, 3.63) is 75.9 Å². The minimum atomic E-state index is -1.00. The van der Waals surface area contributed by atoms with Crippen LogP contribution >= 0.6 is 34.7 Å². The van der Waals surface area contributed by atoms with Gasteiger partial charge in [-0.1, -0.05) is 47.6 Å². The van der Waals surface area contributed by atoms with Crippen molar-refractivity contribution in [1.29, 1.82) is 5.26 Å². The summed E-state index contributed by atoms with van der Waals surface area (Å²) in [5, 5.41) is 36.2. The maximum atomic E-state index is 12.8. The third-order valence-electron chi connectivity index (χ3n) is 6.67.